The summed E-state index contributed by atoms with van der Waals surface area (Å²) in [5, 5.41) is 0. The van der Waals surface area contributed by atoms with Crippen molar-refractivity contribution in [2.75, 3.05) is 19.6 Å². The molecule has 0 radical (unpaired) electrons. The monoisotopic (exact) mass is 172 g/mol. The molecule has 0 rings (SSSR count). The fourth-order valence-electron chi connectivity index (χ4n) is 1.30. The van der Waals surface area contributed by atoms with Gasteiger partial charge in [0, 0.05) is 6.04 Å². The van der Waals surface area contributed by atoms with E-state index in [1.54, 1.807) is 0 Å². The van der Waals surface area contributed by atoms with E-state index in [4.69, 9.17) is 5.73 Å². The van der Waals surface area contributed by atoms with Gasteiger partial charge in [0.15, 0.2) is 0 Å². The highest BCUT2D eigenvalue weighted by Crippen LogP contribution is 1.98. The van der Waals surface area contributed by atoms with Crippen LogP contribution in [0.15, 0.2) is 0 Å². The number of hydrogen-bond donors (Lipinski definition) is 1. The second kappa shape index (κ2) is 7.56. The van der Waals surface area contributed by atoms with Crippen molar-refractivity contribution in [1.82, 2.24) is 4.90 Å². The number of rotatable bonds is 7. The van der Waals surface area contributed by atoms with Gasteiger partial charge in [0.1, 0.15) is 0 Å². The minimum Gasteiger partial charge on any atom is -0.328 e. The lowest BCUT2D eigenvalue weighted by molar-refractivity contribution is 0.275. The standard InChI is InChI=1S/C10H24N2/c1-4-8-12(6-3)9-7-10(11)5-2/h10H,4-9,11H2,1-3H3. The summed E-state index contributed by atoms with van der Waals surface area (Å²) < 4.78 is 0. The maximum absolute atomic E-state index is 5.85. The van der Waals surface area contributed by atoms with E-state index in [1.807, 2.05) is 0 Å². The van der Waals surface area contributed by atoms with E-state index in [1.165, 1.54) is 19.5 Å². The molecular formula is C10H24N2. The van der Waals surface area contributed by atoms with Crippen LogP contribution in [0.1, 0.15) is 40.0 Å². The predicted octanol–water partition coefficient (Wildman–Crippen LogP) is 1.85. The van der Waals surface area contributed by atoms with Crippen LogP contribution >= 0.6 is 0 Å². The van der Waals surface area contributed by atoms with E-state index >= 15 is 0 Å². The average Bonchev–Trinajstić information content (AvgIpc) is 2.11. The highest BCUT2D eigenvalue weighted by atomic mass is 15.1. The van der Waals surface area contributed by atoms with E-state index in [0.29, 0.717) is 6.04 Å². The molecule has 0 aromatic heterocycles. The molecule has 2 N–H and O–H groups in total. The molecule has 0 fully saturated rings. The van der Waals surface area contributed by atoms with Crippen molar-refractivity contribution >= 4 is 0 Å². The topological polar surface area (TPSA) is 29.3 Å². The lowest BCUT2D eigenvalue weighted by Crippen LogP contribution is -2.30. The first-order valence-electron chi connectivity index (χ1n) is 5.22. The van der Waals surface area contributed by atoms with Crippen LogP contribution in [-0.4, -0.2) is 30.6 Å². The number of hydrogen-bond acceptors (Lipinski definition) is 2. The predicted molar refractivity (Wildman–Crippen MR) is 55.3 cm³/mol. The van der Waals surface area contributed by atoms with Crippen molar-refractivity contribution in [2.45, 2.75) is 46.1 Å². The smallest absolute Gasteiger partial charge is 0.00483 e. The maximum Gasteiger partial charge on any atom is 0.00483 e. The van der Waals surface area contributed by atoms with E-state index < -0.39 is 0 Å². The Morgan fingerprint density at radius 2 is 1.83 bits per heavy atom. The van der Waals surface area contributed by atoms with Crippen LogP contribution in [0, 0.1) is 0 Å². The van der Waals surface area contributed by atoms with Crippen LogP contribution < -0.4 is 5.73 Å². The summed E-state index contributed by atoms with van der Waals surface area (Å²) >= 11 is 0. The highest BCUT2D eigenvalue weighted by Gasteiger charge is 2.03. The highest BCUT2D eigenvalue weighted by molar-refractivity contribution is 4.62. The third-order valence-electron chi connectivity index (χ3n) is 2.33. The van der Waals surface area contributed by atoms with E-state index in [0.717, 1.165) is 19.4 Å². The molecule has 0 aliphatic heterocycles. The Morgan fingerprint density at radius 1 is 1.17 bits per heavy atom. The van der Waals surface area contributed by atoms with E-state index in [9.17, 15) is 0 Å². The molecule has 0 aromatic carbocycles. The Morgan fingerprint density at radius 3 is 2.25 bits per heavy atom. The van der Waals surface area contributed by atoms with Crippen LogP contribution in [0.2, 0.25) is 0 Å². The molecule has 0 amide bonds. The fourth-order valence-corrected chi connectivity index (χ4v) is 1.30. The fraction of sp³-hybridized carbons (Fsp3) is 1.00. The largest absolute Gasteiger partial charge is 0.328 e. The molecule has 0 spiro atoms. The minimum atomic E-state index is 0.399. The normalized spacial score (nSPS) is 13.8. The van der Waals surface area contributed by atoms with Gasteiger partial charge in [0.05, 0.1) is 0 Å². The van der Waals surface area contributed by atoms with Crippen molar-refractivity contribution < 1.29 is 0 Å². The number of nitrogens with two attached hydrogens (primary N) is 1. The maximum atomic E-state index is 5.85. The van der Waals surface area contributed by atoms with Gasteiger partial charge < -0.3 is 10.6 Å². The summed E-state index contributed by atoms with van der Waals surface area (Å²) in [6.45, 7) is 10.1. The van der Waals surface area contributed by atoms with Gasteiger partial charge in [0.2, 0.25) is 0 Å². The molecule has 2 nitrogen and oxygen atoms in total. The second-order valence-electron chi connectivity index (χ2n) is 3.39. The molecule has 2 heteroatoms. The van der Waals surface area contributed by atoms with Gasteiger partial charge in [-0.2, -0.15) is 0 Å². The van der Waals surface area contributed by atoms with Gasteiger partial charge in [-0.05, 0) is 38.9 Å². The Labute approximate surface area is 77.1 Å². The van der Waals surface area contributed by atoms with Gasteiger partial charge in [0.25, 0.3) is 0 Å². The van der Waals surface area contributed by atoms with Crippen molar-refractivity contribution in [3.8, 4) is 0 Å². The van der Waals surface area contributed by atoms with Crippen molar-refractivity contribution in [2.24, 2.45) is 5.73 Å². The molecule has 0 saturated heterocycles. The Kier molecular flexibility index (Phi) is 7.51. The number of nitrogens with zero attached hydrogens (tertiary/aromatic N) is 1. The Bertz CT molecular complexity index is 93.8. The first-order valence-corrected chi connectivity index (χ1v) is 5.22. The van der Waals surface area contributed by atoms with E-state index in [2.05, 4.69) is 25.7 Å². The van der Waals surface area contributed by atoms with Crippen molar-refractivity contribution in [3.05, 3.63) is 0 Å². The van der Waals surface area contributed by atoms with Crippen molar-refractivity contribution in [1.29, 1.82) is 0 Å². The van der Waals surface area contributed by atoms with Crippen LogP contribution in [0.25, 0.3) is 0 Å². The molecule has 0 aromatic rings. The molecule has 0 saturated carbocycles. The van der Waals surface area contributed by atoms with Gasteiger partial charge in [-0.1, -0.05) is 20.8 Å². The lowest BCUT2D eigenvalue weighted by atomic mass is 10.1. The van der Waals surface area contributed by atoms with Gasteiger partial charge in [-0.25, -0.2) is 0 Å². The first-order chi connectivity index (χ1) is 5.74. The Balaban J connectivity index is 3.43. The molecule has 0 bridgehead atoms. The molecule has 0 aliphatic rings. The lowest BCUT2D eigenvalue weighted by Gasteiger charge is -2.20. The average molecular weight is 172 g/mol. The quantitative estimate of drug-likeness (QED) is 0.635. The van der Waals surface area contributed by atoms with Crippen LogP contribution in [0.5, 0.6) is 0 Å². The summed E-state index contributed by atoms with van der Waals surface area (Å²) in [6.07, 6.45) is 3.49. The molecule has 0 heterocycles. The second-order valence-corrected chi connectivity index (χ2v) is 3.39. The zero-order valence-corrected chi connectivity index (χ0v) is 8.84. The van der Waals surface area contributed by atoms with Gasteiger partial charge in [-0.15, -0.1) is 0 Å². The molecule has 1 atom stereocenters. The summed E-state index contributed by atoms with van der Waals surface area (Å²) in [5.41, 5.74) is 5.85. The summed E-state index contributed by atoms with van der Waals surface area (Å²) in [7, 11) is 0. The SMILES string of the molecule is CCCN(CC)CCC(N)CC. The third-order valence-corrected chi connectivity index (χ3v) is 2.33. The first kappa shape index (κ1) is 11.9. The van der Waals surface area contributed by atoms with Crippen LogP contribution in [0.3, 0.4) is 0 Å². The molecular weight excluding hydrogens is 148 g/mol. The molecule has 1 unspecified atom stereocenters. The van der Waals surface area contributed by atoms with Crippen LogP contribution in [0.4, 0.5) is 0 Å². The van der Waals surface area contributed by atoms with Gasteiger partial charge >= 0.3 is 0 Å². The summed E-state index contributed by atoms with van der Waals surface area (Å²) in [4.78, 5) is 2.47. The summed E-state index contributed by atoms with van der Waals surface area (Å²) in [5.74, 6) is 0. The van der Waals surface area contributed by atoms with E-state index in [-0.39, 0.29) is 0 Å². The minimum absolute atomic E-state index is 0.399. The molecule has 74 valence electrons. The summed E-state index contributed by atoms with van der Waals surface area (Å²) in [6, 6.07) is 0.399. The molecule has 0 aliphatic carbocycles. The van der Waals surface area contributed by atoms with Gasteiger partial charge in [-0.3, -0.25) is 0 Å². The Hall–Kier alpha value is -0.0800. The third kappa shape index (κ3) is 5.56. The van der Waals surface area contributed by atoms with Crippen LogP contribution in [-0.2, 0) is 0 Å². The zero-order chi connectivity index (χ0) is 9.40. The molecule has 12 heavy (non-hydrogen) atoms. The van der Waals surface area contributed by atoms with Crippen molar-refractivity contribution in [3.63, 3.8) is 0 Å². The zero-order valence-electron chi connectivity index (χ0n) is 8.84.